The highest BCUT2D eigenvalue weighted by Crippen LogP contribution is 2.35. The monoisotopic (exact) mass is 285 g/mol. The second-order valence-corrected chi connectivity index (χ2v) is 6.62. The Labute approximate surface area is 125 Å². The predicted octanol–water partition coefficient (Wildman–Crippen LogP) is 2.98. The molecule has 2 aliphatic rings. The Hall–Kier alpha value is -1.65. The highest BCUT2D eigenvalue weighted by atomic mass is 15.4. The SMILES string of the molecule is Cc1cc(N(CC2CCCCC2)C2CC2)n2ncnc2n1. The van der Waals surface area contributed by atoms with E-state index in [1.165, 1.54) is 57.3 Å². The van der Waals surface area contributed by atoms with Gasteiger partial charge in [0.25, 0.3) is 5.78 Å². The minimum absolute atomic E-state index is 0.695. The van der Waals surface area contributed by atoms with Gasteiger partial charge < -0.3 is 4.90 Å². The van der Waals surface area contributed by atoms with Crippen LogP contribution < -0.4 is 4.90 Å². The molecule has 5 heteroatoms. The molecule has 0 unspecified atom stereocenters. The molecule has 112 valence electrons. The second kappa shape index (κ2) is 5.28. The molecule has 0 radical (unpaired) electrons. The Morgan fingerprint density at radius 1 is 1.19 bits per heavy atom. The van der Waals surface area contributed by atoms with Crippen molar-refractivity contribution in [3.8, 4) is 0 Å². The molecule has 0 spiro atoms. The maximum atomic E-state index is 4.47. The number of nitrogens with zero attached hydrogens (tertiary/aromatic N) is 5. The summed E-state index contributed by atoms with van der Waals surface area (Å²) in [6.45, 7) is 3.22. The smallest absolute Gasteiger partial charge is 0.254 e. The molecule has 5 nitrogen and oxygen atoms in total. The number of anilines is 1. The summed E-state index contributed by atoms with van der Waals surface area (Å²) in [5, 5.41) is 4.39. The third-order valence-electron chi connectivity index (χ3n) is 4.82. The van der Waals surface area contributed by atoms with Crippen molar-refractivity contribution in [1.29, 1.82) is 0 Å². The molecule has 2 aromatic rings. The summed E-state index contributed by atoms with van der Waals surface area (Å²) in [5.74, 6) is 2.74. The molecule has 4 rings (SSSR count). The number of aromatic nitrogens is 4. The van der Waals surface area contributed by atoms with E-state index in [2.05, 4.69) is 26.0 Å². The van der Waals surface area contributed by atoms with Crippen molar-refractivity contribution in [1.82, 2.24) is 19.6 Å². The van der Waals surface area contributed by atoms with E-state index in [4.69, 9.17) is 0 Å². The predicted molar refractivity (Wildman–Crippen MR) is 82.5 cm³/mol. The first-order chi connectivity index (χ1) is 10.3. The van der Waals surface area contributed by atoms with Crippen LogP contribution in [0.4, 0.5) is 5.82 Å². The summed E-state index contributed by atoms with van der Waals surface area (Å²) in [4.78, 5) is 11.3. The van der Waals surface area contributed by atoms with Crippen LogP contribution in [-0.4, -0.2) is 32.2 Å². The topological polar surface area (TPSA) is 46.3 Å². The Kier molecular flexibility index (Phi) is 3.28. The zero-order valence-electron chi connectivity index (χ0n) is 12.7. The number of aryl methyl sites for hydroxylation is 1. The number of hydrogen-bond donors (Lipinski definition) is 0. The van der Waals surface area contributed by atoms with Gasteiger partial charge in [-0.25, -0.2) is 4.98 Å². The normalized spacial score (nSPS) is 20.0. The maximum Gasteiger partial charge on any atom is 0.254 e. The Morgan fingerprint density at radius 2 is 2.00 bits per heavy atom. The molecule has 0 N–H and O–H groups in total. The quantitative estimate of drug-likeness (QED) is 0.866. The minimum Gasteiger partial charge on any atom is -0.353 e. The average Bonchev–Trinajstić information content (AvgIpc) is 3.23. The van der Waals surface area contributed by atoms with Crippen molar-refractivity contribution in [2.45, 2.75) is 57.9 Å². The van der Waals surface area contributed by atoms with E-state index >= 15 is 0 Å². The van der Waals surface area contributed by atoms with Crippen LogP contribution in [0.5, 0.6) is 0 Å². The van der Waals surface area contributed by atoms with E-state index in [1.807, 2.05) is 11.4 Å². The number of hydrogen-bond acceptors (Lipinski definition) is 4. The first-order valence-electron chi connectivity index (χ1n) is 8.25. The zero-order chi connectivity index (χ0) is 14.2. The van der Waals surface area contributed by atoms with Gasteiger partial charge in [-0.15, -0.1) is 0 Å². The molecule has 0 aromatic carbocycles. The van der Waals surface area contributed by atoms with Gasteiger partial charge in [0.05, 0.1) is 0 Å². The van der Waals surface area contributed by atoms with Gasteiger partial charge >= 0.3 is 0 Å². The molecule has 0 saturated heterocycles. The van der Waals surface area contributed by atoms with Gasteiger partial charge in [-0.2, -0.15) is 14.6 Å². The van der Waals surface area contributed by atoms with Crippen molar-refractivity contribution < 1.29 is 0 Å². The number of rotatable bonds is 4. The van der Waals surface area contributed by atoms with Crippen molar-refractivity contribution in [3.63, 3.8) is 0 Å². The minimum atomic E-state index is 0.695. The summed E-state index contributed by atoms with van der Waals surface area (Å²) in [6, 6.07) is 2.86. The summed E-state index contributed by atoms with van der Waals surface area (Å²) in [5.41, 5.74) is 1.03. The van der Waals surface area contributed by atoms with E-state index in [0.717, 1.165) is 17.4 Å². The molecule has 2 aliphatic carbocycles. The maximum absolute atomic E-state index is 4.47. The zero-order valence-corrected chi connectivity index (χ0v) is 12.7. The fraction of sp³-hybridized carbons (Fsp3) is 0.688. The first kappa shape index (κ1) is 13.0. The summed E-state index contributed by atoms with van der Waals surface area (Å²) in [6.07, 6.45) is 11.2. The highest BCUT2D eigenvalue weighted by molar-refractivity contribution is 5.49. The van der Waals surface area contributed by atoms with Gasteiger partial charge in [-0.3, -0.25) is 0 Å². The summed E-state index contributed by atoms with van der Waals surface area (Å²) >= 11 is 0. The molecule has 0 aliphatic heterocycles. The molecule has 2 aromatic heterocycles. The van der Waals surface area contributed by atoms with Gasteiger partial charge in [-0.1, -0.05) is 19.3 Å². The fourth-order valence-corrected chi connectivity index (χ4v) is 3.58. The van der Waals surface area contributed by atoms with Crippen molar-refractivity contribution in [2.75, 3.05) is 11.4 Å². The Morgan fingerprint density at radius 3 is 2.76 bits per heavy atom. The molecular weight excluding hydrogens is 262 g/mol. The molecular formula is C16H23N5. The van der Waals surface area contributed by atoms with Gasteiger partial charge in [0, 0.05) is 24.3 Å². The van der Waals surface area contributed by atoms with Crippen LogP contribution in [0.2, 0.25) is 0 Å². The Bertz CT molecular complexity index is 625. The fourth-order valence-electron chi connectivity index (χ4n) is 3.58. The highest BCUT2D eigenvalue weighted by Gasteiger charge is 2.33. The second-order valence-electron chi connectivity index (χ2n) is 6.62. The lowest BCUT2D eigenvalue weighted by Crippen LogP contribution is -2.34. The third-order valence-corrected chi connectivity index (χ3v) is 4.82. The lowest BCUT2D eigenvalue weighted by molar-refractivity contribution is 0.356. The van der Waals surface area contributed by atoms with Crippen LogP contribution >= 0.6 is 0 Å². The van der Waals surface area contributed by atoms with Crippen LogP contribution in [-0.2, 0) is 0 Å². The molecule has 0 amide bonds. The number of fused-ring (bicyclic) bond motifs is 1. The molecule has 0 atom stereocenters. The summed E-state index contributed by atoms with van der Waals surface area (Å²) < 4.78 is 1.91. The molecule has 2 fully saturated rings. The van der Waals surface area contributed by atoms with E-state index < -0.39 is 0 Å². The van der Waals surface area contributed by atoms with E-state index in [0.29, 0.717) is 6.04 Å². The standard InChI is InChI=1S/C16H23N5/c1-12-9-15(21-16(19-12)17-11-18-21)20(14-7-8-14)10-13-5-3-2-4-6-13/h9,11,13-14H,2-8,10H2,1H3. The van der Waals surface area contributed by atoms with Crippen LogP contribution in [0.25, 0.3) is 5.78 Å². The lowest BCUT2D eigenvalue weighted by Gasteiger charge is -2.31. The van der Waals surface area contributed by atoms with Gasteiger partial charge in [0.2, 0.25) is 0 Å². The van der Waals surface area contributed by atoms with E-state index in [-0.39, 0.29) is 0 Å². The van der Waals surface area contributed by atoms with Crippen LogP contribution in [0, 0.1) is 12.8 Å². The van der Waals surface area contributed by atoms with Crippen molar-refractivity contribution in [3.05, 3.63) is 18.1 Å². The Balaban J connectivity index is 1.67. The first-order valence-corrected chi connectivity index (χ1v) is 8.25. The lowest BCUT2D eigenvalue weighted by atomic mass is 9.89. The van der Waals surface area contributed by atoms with E-state index in [1.54, 1.807) is 6.33 Å². The van der Waals surface area contributed by atoms with E-state index in [9.17, 15) is 0 Å². The van der Waals surface area contributed by atoms with Gasteiger partial charge in [-0.05, 0) is 38.5 Å². The van der Waals surface area contributed by atoms with Gasteiger partial charge in [0.1, 0.15) is 12.1 Å². The van der Waals surface area contributed by atoms with Crippen molar-refractivity contribution >= 4 is 11.6 Å². The largest absolute Gasteiger partial charge is 0.353 e. The molecule has 2 saturated carbocycles. The third kappa shape index (κ3) is 2.61. The molecule has 0 bridgehead atoms. The van der Waals surface area contributed by atoms with Crippen molar-refractivity contribution in [2.24, 2.45) is 5.92 Å². The van der Waals surface area contributed by atoms with Crippen LogP contribution in [0.15, 0.2) is 12.4 Å². The van der Waals surface area contributed by atoms with Crippen LogP contribution in [0.3, 0.4) is 0 Å². The van der Waals surface area contributed by atoms with Gasteiger partial charge in [0.15, 0.2) is 0 Å². The average molecular weight is 285 g/mol. The molecule has 21 heavy (non-hydrogen) atoms. The summed E-state index contributed by atoms with van der Waals surface area (Å²) in [7, 11) is 0. The van der Waals surface area contributed by atoms with Crippen LogP contribution in [0.1, 0.15) is 50.6 Å². The molecule has 2 heterocycles.